The number of ether oxygens (including phenoxy) is 2. The van der Waals surface area contributed by atoms with Crippen LogP contribution in [0.1, 0.15) is 24.4 Å². The highest BCUT2D eigenvalue weighted by molar-refractivity contribution is 5.82. The monoisotopic (exact) mass is 311 g/mol. The summed E-state index contributed by atoms with van der Waals surface area (Å²) in [4.78, 5) is 25.0. The summed E-state index contributed by atoms with van der Waals surface area (Å²) in [6.45, 7) is 2.93. The van der Waals surface area contributed by atoms with Crippen LogP contribution in [0.25, 0.3) is 0 Å². The molecule has 0 unspecified atom stereocenters. The minimum Gasteiger partial charge on any atom is -0.479 e. The van der Waals surface area contributed by atoms with Gasteiger partial charge in [0.05, 0.1) is 13.2 Å². The van der Waals surface area contributed by atoms with Crippen molar-refractivity contribution in [3.8, 4) is 0 Å². The van der Waals surface area contributed by atoms with Crippen LogP contribution in [0.15, 0.2) is 16.5 Å². The first-order chi connectivity index (χ1) is 10.5. The summed E-state index contributed by atoms with van der Waals surface area (Å²) in [5.41, 5.74) is 0. The standard InChI is InChI=1S/C15H21NO6/c1-10-3-4-11(21-10)9-16(7-8-20-2)14(17)12-5-6-13(22-12)15(18)19/h3-4,12-13H,5-9H2,1-2H3,(H,18,19)/t12-,13+/m0/s1. The van der Waals surface area contributed by atoms with Crippen molar-refractivity contribution in [2.24, 2.45) is 0 Å². The van der Waals surface area contributed by atoms with Crippen LogP contribution in [0.2, 0.25) is 0 Å². The van der Waals surface area contributed by atoms with E-state index >= 15 is 0 Å². The molecule has 7 nitrogen and oxygen atoms in total. The molecule has 0 saturated carbocycles. The molecular formula is C15H21NO6. The molecule has 22 heavy (non-hydrogen) atoms. The number of hydrogen-bond acceptors (Lipinski definition) is 5. The highest BCUT2D eigenvalue weighted by Gasteiger charge is 2.36. The second-order valence-corrected chi connectivity index (χ2v) is 5.29. The number of amides is 1. The van der Waals surface area contributed by atoms with E-state index in [9.17, 15) is 9.59 Å². The molecule has 1 aliphatic heterocycles. The second kappa shape index (κ2) is 7.42. The smallest absolute Gasteiger partial charge is 0.332 e. The van der Waals surface area contributed by atoms with Crippen LogP contribution >= 0.6 is 0 Å². The van der Waals surface area contributed by atoms with Gasteiger partial charge in [-0.3, -0.25) is 4.79 Å². The van der Waals surface area contributed by atoms with Crippen LogP contribution < -0.4 is 0 Å². The van der Waals surface area contributed by atoms with Crippen molar-refractivity contribution < 1.29 is 28.6 Å². The molecule has 0 aromatic carbocycles. The van der Waals surface area contributed by atoms with Crippen LogP contribution in [0.4, 0.5) is 0 Å². The third-order valence-electron chi connectivity index (χ3n) is 3.59. The normalized spacial score (nSPS) is 21.0. The Labute approximate surface area is 128 Å². The molecule has 1 fully saturated rings. The lowest BCUT2D eigenvalue weighted by atomic mass is 10.1. The molecular weight excluding hydrogens is 290 g/mol. The van der Waals surface area contributed by atoms with Gasteiger partial charge in [-0.05, 0) is 31.9 Å². The Balaban J connectivity index is 2.01. The molecule has 2 heterocycles. The second-order valence-electron chi connectivity index (χ2n) is 5.29. The molecule has 1 aromatic heterocycles. The number of carboxylic acids is 1. The van der Waals surface area contributed by atoms with E-state index in [1.54, 1.807) is 12.0 Å². The fraction of sp³-hybridized carbons (Fsp3) is 0.600. The van der Waals surface area contributed by atoms with Gasteiger partial charge in [-0.15, -0.1) is 0 Å². The number of furan rings is 1. The first-order valence-corrected chi connectivity index (χ1v) is 7.22. The van der Waals surface area contributed by atoms with Gasteiger partial charge >= 0.3 is 5.97 Å². The van der Waals surface area contributed by atoms with E-state index in [0.29, 0.717) is 38.3 Å². The molecule has 1 aliphatic rings. The molecule has 1 aromatic rings. The number of aryl methyl sites for hydroxylation is 1. The zero-order valence-corrected chi connectivity index (χ0v) is 12.8. The molecule has 1 amide bonds. The molecule has 2 atom stereocenters. The molecule has 0 bridgehead atoms. The van der Waals surface area contributed by atoms with Crippen molar-refractivity contribution in [1.82, 2.24) is 4.90 Å². The first kappa shape index (κ1) is 16.5. The maximum Gasteiger partial charge on any atom is 0.332 e. The minimum absolute atomic E-state index is 0.227. The zero-order valence-electron chi connectivity index (χ0n) is 12.8. The third kappa shape index (κ3) is 4.08. The van der Waals surface area contributed by atoms with Crippen LogP contribution in [0.5, 0.6) is 0 Å². The highest BCUT2D eigenvalue weighted by Crippen LogP contribution is 2.22. The molecule has 122 valence electrons. The lowest BCUT2D eigenvalue weighted by molar-refractivity contribution is -0.155. The topological polar surface area (TPSA) is 89.2 Å². The van der Waals surface area contributed by atoms with Gasteiger partial charge in [0, 0.05) is 13.7 Å². The lowest BCUT2D eigenvalue weighted by Crippen LogP contribution is -2.41. The van der Waals surface area contributed by atoms with Gasteiger partial charge in [0.2, 0.25) is 0 Å². The Morgan fingerprint density at radius 2 is 2.09 bits per heavy atom. The Kier molecular flexibility index (Phi) is 5.57. The summed E-state index contributed by atoms with van der Waals surface area (Å²) in [6, 6.07) is 3.65. The van der Waals surface area contributed by atoms with E-state index in [1.807, 2.05) is 19.1 Å². The fourth-order valence-electron chi connectivity index (χ4n) is 2.43. The molecule has 0 spiro atoms. The van der Waals surface area contributed by atoms with Crippen LogP contribution in [0.3, 0.4) is 0 Å². The van der Waals surface area contributed by atoms with E-state index in [-0.39, 0.29) is 5.91 Å². The van der Waals surface area contributed by atoms with Crippen LogP contribution in [-0.4, -0.2) is 54.4 Å². The maximum atomic E-state index is 12.5. The Morgan fingerprint density at radius 1 is 1.36 bits per heavy atom. The molecule has 1 N–H and O–H groups in total. The average molecular weight is 311 g/mol. The Bertz CT molecular complexity index is 526. The molecule has 2 rings (SSSR count). The van der Waals surface area contributed by atoms with Crippen molar-refractivity contribution in [2.75, 3.05) is 20.3 Å². The quantitative estimate of drug-likeness (QED) is 0.814. The summed E-state index contributed by atoms with van der Waals surface area (Å²) in [5, 5.41) is 8.95. The number of hydrogen-bond donors (Lipinski definition) is 1. The Morgan fingerprint density at radius 3 is 2.64 bits per heavy atom. The molecule has 0 aliphatic carbocycles. The van der Waals surface area contributed by atoms with E-state index < -0.39 is 18.2 Å². The van der Waals surface area contributed by atoms with Gasteiger partial charge in [-0.25, -0.2) is 4.79 Å². The molecule has 1 saturated heterocycles. The van der Waals surface area contributed by atoms with Crippen molar-refractivity contribution in [3.05, 3.63) is 23.7 Å². The summed E-state index contributed by atoms with van der Waals surface area (Å²) in [6.07, 6.45) is -0.849. The number of rotatable bonds is 7. The van der Waals surface area contributed by atoms with Crippen LogP contribution in [-0.2, 0) is 25.6 Å². The van der Waals surface area contributed by atoms with Gasteiger partial charge in [-0.2, -0.15) is 0 Å². The average Bonchev–Trinajstić information content (AvgIpc) is 3.11. The fourth-order valence-corrected chi connectivity index (χ4v) is 2.43. The van der Waals surface area contributed by atoms with Gasteiger partial charge in [0.15, 0.2) is 6.10 Å². The van der Waals surface area contributed by atoms with Crippen molar-refractivity contribution >= 4 is 11.9 Å². The van der Waals surface area contributed by atoms with E-state index in [0.717, 1.165) is 5.76 Å². The van der Waals surface area contributed by atoms with Crippen molar-refractivity contribution in [3.63, 3.8) is 0 Å². The maximum absolute atomic E-state index is 12.5. The number of aliphatic carboxylic acids is 1. The van der Waals surface area contributed by atoms with Gasteiger partial charge in [0.1, 0.15) is 17.6 Å². The number of carboxylic acid groups (broad SMARTS) is 1. The van der Waals surface area contributed by atoms with Gasteiger partial charge in [0.25, 0.3) is 5.91 Å². The largest absolute Gasteiger partial charge is 0.479 e. The Hall–Kier alpha value is -1.86. The summed E-state index contributed by atoms with van der Waals surface area (Å²) < 4.78 is 15.9. The van der Waals surface area contributed by atoms with Crippen LogP contribution in [0, 0.1) is 6.92 Å². The summed E-state index contributed by atoms with van der Waals surface area (Å²) >= 11 is 0. The zero-order chi connectivity index (χ0) is 16.1. The number of methoxy groups -OCH3 is 1. The number of nitrogens with zero attached hydrogens (tertiary/aromatic N) is 1. The van der Waals surface area contributed by atoms with E-state index in [1.165, 1.54) is 0 Å². The third-order valence-corrected chi connectivity index (χ3v) is 3.59. The van der Waals surface area contributed by atoms with E-state index in [4.69, 9.17) is 19.0 Å². The summed E-state index contributed by atoms with van der Waals surface area (Å²) in [5.74, 6) is 0.196. The highest BCUT2D eigenvalue weighted by atomic mass is 16.5. The number of carbonyl (C=O) groups is 2. The first-order valence-electron chi connectivity index (χ1n) is 7.22. The number of carbonyl (C=O) groups excluding carboxylic acids is 1. The van der Waals surface area contributed by atoms with E-state index in [2.05, 4.69) is 0 Å². The van der Waals surface area contributed by atoms with Crippen molar-refractivity contribution in [1.29, 1.82) is 0 Å². The summed E-state index contributed by atoms with van der Waals surface area (Å²) in [7, 11) is 1.56. The van der Waals surface area contributed by atoms with Gasteiger partial charge < -0.3 is 23.9 Å². The van der Waals surface area contributed by atoms with Gasteiger partial charge in [-0.1, -0.05) is 0 Å². The molecule has 0 radical (unpaired) electrons. The SMILES string of the molecule is COCCN(Cc1ccc(C)o1)C(=O)[C@@H]1CC[C@H](C(=O)O)O1. The molecule has 7 heteroatoms. The van der Waals surface area contributed by atoms with Crippen molar-refractivity contribution in [2.45, 2.75) is 38.5 Å². The predicted molar refractivity (Wildman–Crippen MR) is 76.3 cm³/mol. The lowest BCUT2D eigenvalue weighted by Gasteiger charge is -2.24. The minimum atomic E-state index is -1.03. The predicted octanol–water partition coefficient (Wildman–Crippen LogP) is 1.20.